The highest BCUT2D eigenvalue weighted by atomic mass is 16.1. The van der Waals surface area contributed by atoms with Crippen molar-refractivity contribution in [2.75, 3.05) is 0 Å². The summed E-state index contributed by atoms with van der Waals surface area (Å²) in [6.45, 7) is 2.91. The summed E-state index contributed by atoms with van der Waals surface area (Å²) >= 11 is 0. The molecule has 0 radical (unpaired) electrons. The lowest BCUT2D eigenvalue weighted by molar-refractivity contribution is 0.576. The van der Waals surface area contributed by atoms with Crippen LogP contribution in [0.5, 0.6) is 0 Å². The van der Waals surface area contributed by atoms with Crippen LogP contribution in [0.3, 0.4) is 0 Å². The fraction of sp³-hybridized carbons (Fsp3) is 0.700. The van der Waals surface area contributed by atoms with Crippen LogP contribution in [0.25, 0.3) is 0 Å². The Labute approximate surface area is 77.7 Å². The molecule has 0 saturated heterocycles. The fourth-order valence-corrected chi connectivity index (χ4v) is 2.02. The van der Waals surface area contributed by atoms with Crippen LogP contribution < -0.4 is 5.56 Å². The molecule has 1 heterocycles. The Balaban J connectivity index is 2.39. The molecule has 0 spiro atoms. The van der Waals surface area contributed by atoms with Crippen molar-refractivity contribution in [1.82, 2.24) is 9.78 Å². The van der Waals surface area contributed by atoms with E-state index >= 15 is 0 Å². The molecule has 0 amide bonds. The Kier molecular flexibility index (Phi) is 2.25. The predicted molar refractivity (Wildman–Crippen MR) is 52.0 cm³/mol. The fourth-order valence-electron chi connectivity index (χ4n) is 2.02. The van der Waals surface area contributed by atoms with Gasteiger partial charge in [-0.3, -0.25) is 14.6 Å². The van der Waals surface area contributed by atoms with Gasteiger partial charge in [-0.25, -0.2) is 0 Å². The molecule has 1 aromatic heterocycles. The van der Waals surface area contributed by atoms with Crippen LogP contribution in [0, 0.1) is 0 Å². The Bertz CT molecular complexity index is 348. The molecule has 0 fully saturated rings. The van der Waals surface area contributed by atoms with Gasteiger partial charge in [0.05, 0.1) is 0 Å². The molecule has 0 bridgehead atoms. The van der Waals surface area contributed by atoms with Crippen molar-refractivity contribution in [2.45, 2.75) is 45.6 Å². The number of aromatic nitrogens is 2. The SMILES string of the molecule is CCCn1[nH]c2c(c1=O)CCCC2. The van der Waals surface area contributed by atoms with E-state index in [2.05, 4.69) is 12.0 Å². The monoisotopic (exact) mass is 180 g/mol. The highest BCUT2D eigenvalue weighted by Crippen LogP contribution is 2.15. The lowest BCUT2D eigenvalue weighted by Crippen LogP contribution is -2.19. The van der Waals surface area contributed by atoms with Gasteiger partial charge in [0.25, 0.3) is 5.56 Å². The third-order valence-electron chi connectivity index (χ3n) is 2.69. The molecule has 72 valence electrons. The molecule has 2 rings (SSSR count). The van der Waals surface area contributed by atoms with Crippen molar-refractivity contribution < 1.29 is 0 Å². The van der Waals surface area contributed by atoms with Crippen molar-refractivity contribution in [3.63, 3.8) is 0 Å². The molecular formula is C10H16N2O. The van der Waals surface area contributed by atoms with Crippen LogP contribution in [0.1, 0.15) is 37.4 Å². The van der Waals surface area contributed by atoms with Gasteiger partial charge in [0.2, 0.25) is 0 Å². The summed E-state index contributed by atoms with van der Waals surface area (Å²) in [4.78, 5) is 11.7. The van der Waals surface area contributed by atoms with Crippen molar-refractivity contribution in [2.24, 2.45) is 0 Å². The number of nitrogens with zero attached hydrogens (tertiary/aromatic N) is 1. The summed E-state index contributed by atoms with van der Waals surface area (Å²) in [5.41, 5.74) is 2.45. The maximum Gasteiger partial charge on any atom is 0.269 e. The predicted octanol–water partition coefficient (Wildman–Crippen LogP) is 1.47. The molecule has 0 atom stereocenters. The molecule has 3 nitrogen and oxygen atoms in total. The highest BCUT2D eigenvalue weighted by Gasteiger charge is 2.16. The van der Waals surface area contributed by atoms with Gasteiger partial charge in [0.1, 0.15) is 0 Å². The van der Waals surface area contributed by atoms with Gasteiger partial charge in [-0.1, -0.05) is 6.92 Å². The molecule has 0 unspecified atom stereocenters. The van der Waals surface area contributed by atoms with E-state index in [1.807, 2.05) is 0 Å². The zero-order chi connectivity index (χ0) is 9.26. The Morgan fingerprint density at radius 2 is 2.15 bits per heavy atom. The van der Waals surface area contributed by atoms with E-state index in [1.54, 1.807) is 4.68 Å². The number of fused-ring (bicyclic) bond motifs is 1. The number of hydrogen-bond donors (Lipinski definition) is 1. The lowest BCUT2D eigenvalue weighted by Gasteiger charge is -2.07. The molecule has 1 aromatic rings. The van der Waals surface area contributed by atoms with Gasteiger partial charge in [0.15, 0.2) is 0 Å². The largest absolute Gasteiger partial charge is 0.299 e. The van der Waals surface area contributed by atoms with Crippen LogP contribution in [0.4, 0.5) is 0 Å². The molecule has 0 aliphatic heterocycles. The number of rotatable bonds is 2. The zero-order valence-electron chi connectivity index (χ0n) is 8.10. The first-order valence-corrected chi connectivity index (χ1v) is 5.13. The maximum atomic E-state index is 11.7. The van der Waals surface area contributed by atoms with Gasteiger partial charge in [-0.2, -0.15) is 0 Å². The second kappa shape index (κ2) is 3.40. The van der Waals surface area contributed by atoms with E-state index in [4.69, 9.17) is 0 Å². The Hall–Kier alpha value is -0.990. The number of nitrogens with one attached hydrogen (secondary N) is 1. The van der Waals surface area contributed by atoms with Crippen molar-refractivity contribution in [3.05, 3.63) is 21.6 Å². The highest BCUT2D eigenvalue weighted by molar-refractivity contribution is 5.19. The van der Waals surface area contributed by atoms with E-state index in [9.17, 15) is 4.79 Å². The molecule has 13 heavy (non-hydrogen) atoms. The molecular weight excluding hydrogens is 164 g/mol. The maximum absolute atomic E-state index is 11.7. The summed E-state index contributed by atoms with van der Waals surface area (Å²) in [6, 6.07) is 0. The number of aromatic amines is 1. The molecule has 1 aliphatic carbocycles. The minimum atomic E-state index is 0.219. The summed E-state index contributed by atoms with van der Waals surface area (Å²) in [5, 5.41) is 3.21. The first-order chi connectivity index (χ1) is 6.33. The Morgan fingerprint density at radius 3 is 2.85 bits per heavy atom. The lowest BCUT2D eigenvalue weighted by atomic mass is 9.98. The number of H-pyrrole nitrogens is 1. The van der Waals surface area contributed by atoms with Crippen molar-refractivity contribution in [3.8, 4) is 0 Å². The second-order valence-electron chi connectivity index (χ2n) is 3.73. The van der Waals surface area contributed by atoms with Crippen LogP contribution in [0.2, 0.25) is 0 Å². The van der Waals surface area contributed by atoms with Gasteiger partial charge in [0, 0.05) is 17.8 Å². The van der Waals surface area contributed by atoms with E-state index in [-0.39, 0.29) is 5.56 Å². The van der Waals surface area contributed by atoms with Crippen LogP contribution >= 0.6 is 0 Å². The van der Waals surface area contributed by atoms with Gasteiger partial charge < -0.3 is 0 Å². The van der Waals surface area contributed by atoms with Gasteiger partial charge >= 0.3 is 0 Å². The average Bonchev–Trinajstić information content (AvgIpc) is 2.46. The summed E-state index contributed by atoms with van der Waals surface area (Å²) in [7, 11) is 0. The number of hydrogen-bond acceptors (Lipinski definition) is 1. The van der Waals surface area contributed by atoms with Gasteiger partial charge in [-0.15, -0.1) is 0 Å². The minimum absolute atomic E-state index is 0.219. The first-order valence-electron chi connectivity index (χ1n) is 5.13. The van der Waals surface area contributed by atoms with Crippen LogP contribution in [0.15, 0.2) is 4.79 Å². The van der Waals surface area contributed by atoms with E-state index in [1.165, 1.54) is 18.5 Å². The Morgan fingerprint density at radius 1 is 1.38 bits per heavy atom. The number of aryl methyl sites for hydroxylation is 2. The topological polar surface area (TPSA) is 37.8 Å². The third kappa shape index (κ3) is 1.43. The van der Waals surface area contributed by atoms with E-state index in [0.29, 0.717) is 0 Å². The normalized spacial score (nSPS) is 15.8. The summed E-state index contributed by atoms with van der Waals surface area (Å²) in [6.07, 6.45) is 5.44. The second-order valence-corrected chi connectivity index (χ2v) is 3.73. The molecule has 0 aromatic carbocycles. The molecule has 1 N–H and O–H groups in total. The average molecular weight is 180 g/mol. The summed E-state index contributed by atoms with van der Waals surface area (Å²) in [5.74, 6) is 0. The van der Waals surface area contributed by atoms with E-state index < -0.39 is 0 Å². The zero-order valence-corrected chi connectivity index (χ0v) is 8.10. The molecule has 0 saturated carbocycles. The quantitative estimate of drug-likeness (QED) is 0.735. The first kappa shape index (κ1) is 8.60. The van der Waals surface area contributed by atoms with Crippen LogP contribution in [-0.4, -0.2) is 9.78 Å². The van der Waals surface area contributed by atoms with Gasteiger partial charge in [-0.05, 0) is 32.1 Å². The van der Waals surface area contributed by atoms with Crippen molar-refractivity contribution in [1.29, 1.82) is 0 Å². The van der Waals surface area contributed by atoms with E-state index in [0.717, 1.165) is 31.4 Å². The molecule has 1 aliphatic rings. The smallest absolute Gasteiger partial charge is 0.269 e. The molecule has 3 heteroatoms. The van der Waals surface area contributed by atoms with Crippen molar-refractivity contribution >= 4 is 0 Å². The third-order valence-corrected chi connectivity index (χ3v) is 2.69. The standard InChI is InChI=1S/C10H16N2O/c1-2-7-12-10(13)8-5-3-4-6-9(8)11-12/h11H,2-7H2,1H3. The van der Waals surface area contributed by atoms with Crippen LogP contribution in [-0.2, 0) is 19.4 Å². The summed E-state index contributed by atoms with van der Waals surface area (Å²) < 4.78 is 1.76. The minimum Gasteiger partial charge on any atom is -0.299 e.